The minimum absolute atomic E-state index is 0.0370. The summed E-state index contributed by atoms with van der Waals surface area (Å²) in [5.74, 6) is -0.916. The molecule has 0 aliphatic carbocycles. The van der Waals surface area contributed by atoms with Gasteiger partial charge in [-0.2, -0.15) is 5.10 Å². The molecule has 120 valence electrons. The van der Waals surface area contributed by atoms with E-state index in [1.807, 2.05) is 42.5 Å². The number of benzene rings is 3. The summed E-state index contributed by atoms with van der Waals surface area (Å²) in [4.78, 5) is 12.1. The number of amides is 1. The highest BCUT2D eigenvalue weighted by atomic mass is 16.3. The van der Waals surface area contributed by atoms with Crippen LogP contribution in [0.5, 0.6) is 11.5 Å². The highest BCUT2D eigenvalue weighted by molar-refractivity contribution is 6.03. The number of hydrogen-bond donors (Lipinski definition) is 3. The third-order valence-corrected chi connectivity index (χ3v) is 3.72. The molecular formula is C19H16N2O3. The van der Waals surface area contributed by atoms with Gasteiger partial charge in [0.05, 0.1) is 11.3 Å². The van der Waals surface area contributed by atoms with Crippen LogP contribution in [0.1, 0.15) is 22.8 Å². The molecule has 0 saturated heterocycles. The average Bonchev–Trinajstić information content (AvgIpc) is 2.61. The molecule has 0 spiro atoms. The number of carbonyl (C=O) groups is 1. The number of fused-ring (bicyclic) bond motifs is 1. The van der Waals surface area contributed by atoms with Crippen molar-refractivity contribution < 1.29 is 15.0 Å². The van der Waals surface area contributed by atoms with Crippen molar-refractivity contribution in [1.29, 1.82) is 0 Å². The van der Waals surface area contributed by atoms with Crippen LogP contribution in [0.25, 0.3) is 10.8 Å². The highest BCUT2D eigenvalue weighted by Crippen LogP contribution is 2.22. The van der Waals surface area contributed by atoms with Gasteiger partial charge in [-0.1, -0.05) is 36.4 Å². The standard InChI is InChI=1S/C19H16N2O3/c1-12(14-7-6-13-4-2-3-5-15(13)10-14)20-21-19(24)17-11-16(22)8-9-18(17)23/h2-11,22-23H,1H3,(H,21,24)/b20-12+. The number of nitrogens with zero attached hydrogens (tertiary/aromatic N) is 1. The van der Waals surface area contributed by atoms with Crippen molar-refractivity contribution in [3.8, 4) is 11.5 Å². The Balaban J connectivity index is 1.82. The van der Waals surface area contributed by atoms with Gasteiger partial charge in [-0.3, -0.25) is 4.79 Å². The van der Waals surface area contributed by atoms with Crippen LogP contribution in [0.3, 0.4) is 0 Å². The van der Waals surface area contributed by atoms with E-state index < -0.39 is 5.91 Å². The van der Waals surface area contributed by atoms with Crippen LogP contribution < -0.4 is 5.43 Å². The van der Waals surface area contributed by atoms with E-state index in [1.165, 1.54) is 18.2 Å². The summed E-state index contributed by atoms with van der Waals surface area (Å²) in [6.45, 7) is 1.78. The van der Waals surface area contributed by atoms with Gasteiger partial charge in [-0.25, -0.2) is 5.43 Å². The zero-order valence-electron chi connectivity index (χ0n) is 13.0. The lowest BCUT2D eigenvalue weighted by Crippen LogP contribution is -2.19. The Kier molecular flexibility index (Phi) is 4.16. The van der Waals surface area contributed by atoms with E-state index in [2.05, 4.69) is 10.5 Å². The van der Waals surface area contributed by atoms with Gasteiger partial charge < -0.3 is 10.2 Å². The maximum Gasteiger partial charge on any atom is 0.275 e. The van der Waals surface area contributed by atoms with E-state index in [0.717, 1.165) is 16.3 Å². The van der Waals surface area contributed by atoms with Crippen LogP contribution in [-0.4, -0.2) is 21.8 Å². The monoisotopic (exact) mass is 320 g/mol. The van der Waals surface area contributed by atoms with Gasteiger partial charge in [0.2, 0.25) is 0 Å². The van der Waals surface area contributed by atoms with E-state index in [9.17, 15) is 15.0 Å². The Morgan fingerprint density at radius 2 is 1.71 bits per heavy atom. The van der Waals surface area contributed by atoms with E-state index >= 15 is 0 Å². The number of carbonyl (C=O) groups excluding carboxylic acids is 1. The quantitative estimate of drug-likeness (QED) is 0.393. The Labute approximate surface area is 138 Å². The fourth-order valence-corrected chi connectivity index (χ4v) is 2.38. The summed E-state index contributed by atoms with van der Waals surface area (Å²) in [5, 5.41) is 25.4. The molecule has 0 radical (unpaired) electrons. The molecule has 5 nitrogen and oxygen atoms in total. The molecule has 0 saturated carbocycles. The molecule has 24 heavy (non-hydrogen) atoms. The van der Waals surface area contributed by atoms with Crippen LogP contribution in [0.15, 0.2) is 65.8 Å². The lowest BCUT2D eigenvalue weighted by atomic mass is 10.0. The molecule has 0 heterocycles. The third kappa shape index (κ3) is 3.20. The predicted molar refractivity (Wildman–Crippen MR) is 93.4 cm³/mol. The normalized spacial score (nSPS) is 11.5. The Morgan fingerprint density at radius 3 is 2.50 bits per heavy atom. The lowest BCUT2D eigenvalue weighted by Gasteiger charge is -2.06. The van der Waals surface area contributed by atoms with Crippen LogP contribution >= 0.6 is 0 Å². The van der Waals surface area contributed by atoms with E-state index in [0.29, 0.717) is 5.71 Å². The SMILES string of the molecule is C/C(=N\NC(=O)c1cc(O)ccc1O)c1ccc2ccccc2c1. The molecule has 0 bridgehead atoms. The van der Waals surface area contributed by atoms with Crippen molar-refractivity contribution in [3.05, 3.63) is 71.8 Å². The van der Waals surface area contributed by atoms with Crippen LogP contribution in [0.2, 0.25) is 0 Å². The second-order valence-electron chi connectivity index (χ2n) is 5.40. The number of nitrogens with one attached hydrogen (secondary N) is 1. The molecule has 3 aromatic carbocycles. The molecule has 5 heteroatoms. The first-order chi connectivity index (χ1) is 11.5. The molecule has 3 aromatic rings. The maximum absolute atomic E-state index is 12.1. The van der Waals surface area contributed by atoms with Crippen molar-refractivity contribution in [2.75, 3.05) is 0 Å². The summed E-state index contributed by atoms with van der Waals surface area (Å²) in [7, 11) is 0. The first-order valence-electron chi connectivity index (χ1n) is 7.40. The summed E-state index contributed by atoms with van der Waals surface area (Å²) < 4.78 is 0. The molecule has 0 aromatic heterocycles. The van der Waals surface area contributed by atoms with Gasteiger partial charge in [0.1, 0.15) is 11.5 Å². The molecule has 3 N–H and O–H groups in total. The Bertz CT molecular complexity index is 948. The number of phenols is 2. The summed E-state index contributed by atoms with van der Waals surface area (Å²) in [6.07, 6.45) is 0. The van der Waals surface area contributed by atoms with E-state index in [1.54, 1.807) is 6.92 Å². The van der Waals surface area contributed by atoms with Gasteiger partial charge in [-0.15, -0.1) is 0 Å². The average molecular weight is 320 g/mol. The maximum atomic E-state index is 12.1. The van der Waals surface area contributed by atoms with Gasteiger partial charge in [0, 0.05) is 0 Å². The van der Waals surface area contributed by atoms with E-state index in [4.69, 9.17) is 0 Å². The summed E-state index contributed by atoms with van der Waals surface area (Å²) in [6, 6.07) is 17.6. The zero-order chi connectivity index (χ0) is 17.1. The van der Waals surface area contributed by atoms with Gasteiger partial charge in [-0.05, 0) is 47.5 Å². The first-order valence-corrected chi connectivity index (χ1v) is 7.40. The van der Waals surface area contributed by atoms with Gasteiger partial charge in [0.15, 0.2) is 0 Å². The van der Waals surface area contributed by atoms with Crippen molar-refractivity contribution >= 4 is 22.4 Å². The van der Waals surface area contributed by atoms with E-state index in [-0.39, 0.29) is 17.1 Å². The smallest absolute Gasteiger partial charge is 0.275 e. The molecule has 0 atom stereocenters. The number of phenolic OH excluding ortho intramolecular Hbond substituents is 2. The number of hydrazone groups is 1. The summed E-state index contributed by atoms with van der Waals surface area (Å²) in [5.41, 5.74) is 3.87. The van der Waals surface area contributed by atoms with Gasteiger partial charge >= 0.3 is 0 Å². The van der Waals surface area contributed by atoms with Crippen LogP contribution in [-0.2, 0) is 0 Å². The molecule has 0 unspecified atom stereocenters. The van der Waals surface area contributed by atoms with Crippen molar-refractivity contribution in [2.24, 2.45) is 5.10 Å². The van der Waals surface area contributed by atoms with Crippen LogP contribution in [0, 0.1) is 0 Å². The largest absolute Gasteiger partial charge is 0.508 e. The summed E-state index contributed by atoms with van der Waals surface area (Å²) >= 11 is 0. The molecule has 0 aliphatic heterocycles. The number of rotatable bonds is 3. The number of aromatic hydroxyl groups is 2. The predicted octanol–water partition coefficient (Wildman–Crippen LogP) is 3.41. The number of hydrogen-bond acceptors (Lipinski definition) is 4. The highest BCUT2D eigenvalue weighted by Gasteiger charge is 2.11. The second-order valence-corrected chi connectivity index (χ2v) is 5.40. The van der Waals surface area contributed by atoms with Crippen molar-refractivity contribution in [1.82, 2.24) is 5.43 Å². The Morgan fingerprint density at radius 1 is 0.958 bits per heavy atom. The van der Waals surface area contributed by atoms with Crippen LogP contribution in [0.4, 0.5) is 0 Å². The first kappa shape index (κ1) is 15.6. The Hall–Kier alpha value is -3.34. The van der Waals surface area contributed by atoms with Crippen molar-refractivity contribution in [3.63, 3.8) is 0 Å². The minimum Gasteiger partial charge on any atom is -0.508 e. The molecule has 0 aliphatic rings. The molecule has 3 rings (SSSR count). The zero-order valence-corrected chi connectivity index (χ0v) is 13.0. The van der Waals surface area contributed by atoms with Gasteiger partial charge in [0.25, 0.3) is 5.91 Å². The fraction of sp³-hybridized carbons (Fsp3) is 0.0526. The minimum atomic E-state index is -0.594. The van der Waals surface area contributed by atoms with Crippen molar-refractivity contribution in [2.45, 2.75) is 6.92 Å². The molecule has 1 amide bonds. The topological polar surface area (TPSA) is 81.9 Å². The second kappa shape index (κ2) is 6.42. The third-order valence-electron chi connectivity index (χ3n) is 3.72. The molecular weight excluding hydrogens is 304 g/mol. The fourth-order valence-electron chi connectivity index (χ4n) is 2.38. The lowest BCUT2D eigenvalue weighted by molar-refractivity contribution is 0.0951. The molecule has 0 fully saturated rings.